The van der Waals surface area contributed by atoms with Gasteiger partial charge in [-0.25, -0.2) is 4.57 Å². The number of phosphoric acid groups is 1. The van der Waals surface area contributed by atoms with E-state index in [2.05, 4.69) is 96.5 Å². The average molecular weight is 835 g/mol. The molecule has 11 nitrogen and oxygen atoms in total. The number of phosphoric ester groups is 1. The molecule has 0 aliphatic heterocycles. The number of carbonyl (C=O) groups is 2. The van der Waals surface area contributed by atoms with Crippen molar-refractivity contribution in [2.75, 3.05) is 26.4 Å². The lowest BCUT2D eigenvalue weighted by molar-refractivity contribution is -0.161. The number of hydrogen-bond acceptors (Lipinski definition) is 10. The van der Waals surface area contributed by atoms with E-state index in [0.717, 1.165) is 89.9 Å². The summed E-state index contributed by atoms with van der Waals surface area (Å²) >= 11 is 0. The third-order valence-corrected chi connectivity index (χ3v) is 9.34. The van der Waals surface area contributed by atoms with Crippen LogP contribution in [-0.2, 0) is 32.7 Å². The summed E-state index contributed by atoms with van der Waals surface area (Å²) in [5.74, 6) is -1.05. The molecule has 0 spiro atoms. The van der Waals surface area contributed by atoms with Crippen molar-refractivity contribution < 1.29 is 52.9 Å². The minimum atomic E-state index is -4.65. The Labute approximate surface area is 349 Å². The molecule has 0 bridgehead atoms. The van der Waals surface area contributed by atoms with Gasteiger partial charge in [-0.15, -0.1) is 0 Å². The van der Waals surface area contributed by atoms with Crippen molar-refractivity contribution in [2.24, 2.45) is 0 Å². The number of ether oxygens (including phenoxy) is 2. The number of aliphatic hydroxyl groups is 3. The Morgan fingerprint density at radius 3 is 1.55 bits per heavy atom. The van der Waals surface area contributed by atoms with Gasteiger partial charge in [0, 0.05) is 12.8 Å². The molecule has 330 valence electrons. The SMILES string of the molecule is CC/C=C\C/C=C\C/C=C\C/C=C\CCCCCCC(=O)OC[C@H](COP(=O)(O)OC[C@@H](O)CO)OC(=O)CCC/C=C\C/C=C\C/C=C\C/C=C\CC[C@H](O)CC. The van der Waals surface area contributed by atoms with Crippen molar-refractivity contribution in [1.82, 2.24) is 0 Å². The van der Waals surface area contributed by atoms with Crippen molar-refractivity contribution in [2.45, 2.75) is 154 Å². The zero-order chi connectivity index (χ0) is 42.8. The van der Waals surface area contributed by atoms with Gasteiger partial charge >= 0.3 is 19.8 Å². The van der Waals surface area contributed by atoms with Crippen LogP contribution in [0.25, 0.3) is 0 Å². The molecule has 0 heterocycles. The first kappa shape index (κ1) is 54.9. The van der Waals surface area contributed by atoms with Crippen LogP contribution in [-0.4, -0.2) is 76.9 Å². The van der Waals surface area contributed by atoms with Gasteiger partial charge in [0.2, 0.25) is 0 Å². The summed E-state index contributed by atoms with van der Waals surface area (Å²) in [7, 11) is -4.65. The summed E-state index contributed by atoms with van der Waals surface area (Å²) in [5.41, 5.74) is 0. The second-order valence-corrected chi connectivity index (χ2v) is 15.2. The quantitative estimate of drug-likeness (QED) is 0.0202. The highest BCUT2D eigenvalue weighted by molar-refractivity contribution is 7.47. The molecule has 0 amide bonds. The average Bonchev–Trinajstić information content (AvgIpc) is 3.21. The molecule has 0 aliphatic rings. The van der Waals surface area contributed by atoms with E-state index in [1.165, 1.54) is 0 Å². The number of esters is 2. The smallest absolute Gasteiger partial charge is 0.462 e. The minimum absolute atomic E-state index is 0.0833. The van der Waals surface area contributed by atoms with E-state index >= 15 is 0 Å². The van der Waals surface area contributed by atoms with Gasteiger partial charge in [-0.1, -0.05) is 124 Å². The summed E-state index contributed by atoms with van der Waals surface area (Å²) in [6.45, 7) is 1.85. The van der Waals surface area contributed by atoms with Gasteiger partial charge in [0.05, 0.1) is 25.9 Å². The lowest BCUT2D eigenvalue weighted by Crippen LogP contribution is -2.29. The van der Waals surface area contributed by atoms with Crippen LogP contribution in [0.5, 0.6) is 0 Å². The van der Waals surface area contributed by atoms with E-state index in [0.29, 0.717) is 19.3 Å². The molecule has 4 N–H and O–H groups in total. The first-order valence-corrected chi connectivity index (χ1v) is 22.8. The maximum Gasteiger partial charge on any atom is 0.472 e. The molecule has 0 radical (unpaired) electrons. The molecule has 0 aliphatic carbocycles. The molecular formula is C46H75O11P. The molecule has 58 heavy (non-hydrogen) atoms. The first-order valence-electron chi connectivity index (χ1n) is 21.3. The standard InChI is InChI=1S/C46H75O11P/c1-3-5-6-7-8-9-10-11-12-13-14-18-21-24-27-30-33-36-45(50)54-40-44(41-56-58(52,53)55-39-43(49)38-47)57-46(51)37-34-31-28-25-22-19-16-15-17-20-23-26-29-32-35-42(48)4-2/h5-6,8-9,11-12,14,16-20,25-26,28-29,42-44,47-49H,3-4,7,10,13,15,21-24,27,30-41H2,1-2H3,(H,52,53)/b6-5-,9-8-,12-11-,18-14-,19-16-,20-17-,28-25-,29-26-/t42-,43+,44-/m1/s1. The minimum Gasteiger partial charge on any atom is -0.462 e. The predicted octanol–water partition coefficient (Wildman–Crippen LogP) is 10.2. The Hall–Kier alpha value is -3.15. The molecule has 1 unspecified atom stereocenters. The molecule has 0 saturated heterocycles. The van der Waals surface area contributed by atoms with Gasteiger partial charge in [0.25, 0.3) is 0 Å². The lowest BCUT2D eigenvalue weighted by atomic mass is 10.1. The molecular weight excluding hydrogens is 759 g/mol. The number of unbranched alkanes of at least 4 members (excludes halogenated alkanes) is 5. The Kier molecular flexibility index (Phi) is 38.4. The molecule has 0 fully saturated rings. The Morgan fingerprint density at radius 2 is 1.02 bits per heavy atom. The largest absolute Gasteiger partial charge is 0.472 e. The molecule has 0 rings (SSSR count). The van der Waals surface area contributed by atoms with Gasteiger partial charge in [-0.3, -0.25) is 18.6 Å². The number of allylic oxidation sites excluding steroid dienone is 16. The highest BCUT2D eigenvalue weighted by Crippen LogP contribution is 2.43. The van der Waals surface area contributed by atoms with Crippen LogP contribution in [0.1, 0.15) is 136 Å². The Bertz CT molecular complexity index is 1300. The zero-order valence-electron chi connectivity index (χ0n) is 35.3. The van der Waals surface area contributed by atoms with E-state index < -0.39 is 51.8 Å². The van der Waals surface area contributed by atoms with Crippen LogP contribution < -0.4 is 0 Å². The number of aliphatic hydroxyl groups excluding tert-OH is 3. The highest BCUT2D eigenvalue weighted by Gasteiger charge is 2.27. The van der Waals surface area contributed by atoms with E-state index in [1.807, 2.05) is 19.1 Å². The van der Waals surface area contributed by atoms with Crippen LogP contribution in [0.4, 0.5) is 0 Å². The summed E-state index contributed by atoms with van der Waals surface area (Å²) in [6.07, 6.45) is 46.1. The van der Waals surface area contributed by atoms with Crippen molar-refractivity contribution in [3.63, 3.8) is 0 Å². The maximum absolute atomic E-state index is 12.6. The second-order valence-electron chi connectivity index (χ2n) is 13.8. The molecule has 4 atom stereocenters. The van der Waals surface area contributed by atoms with Crippen LogP contribution in [0.2, 0.25) is 0 Å². The predicted molar refractivity (Wildman–Crippen MR) is 234 cm³/mol. The zero-order valence-corrected chi connectivity index (χ0v) is 36.2. The van der Waals surface area contributed by atoms with Gasteiger partial charge in [0.1, 0.15) is 12.7 Å². The maximum atomic E-state index is 12.6. The summed E-state index contributed by atoms with van der Waals surface area (Å²) < 4.78 is 32.6. The van der Waals surface area contributed by atoms with Crippen molar-refractivity contribution in [1.29, 1.82) is 0 Å². The van der Waals surface area contributed by atoms with Crippen molar-refractivity contribution in [3.8, 4) is 0 Å². The number of rotatable bonds is 38. The van der Waals surface area contributed by atoms with Crippen LogP contribution in [0, 0.1) is 0 Å². The third-order valence-electron chi connectivity index (χ3n) is 8.39. The first-order chi connectivity index (χ1) is 28.1. The fourth-order valence-corrected chi connectivity index (χ4v) is 5.74. The normalized spacial score (nSPS) is 15.3. The van der Waals surface area contributed by atoms with Crippen LogP contribution >= 0.6 is 7.82 Å². The number of hydrogen-bond donors (Lipinski definition) is 4. The van der Waals surface area contributed by atoms with E-state index in [-0.39, 0.29) is 25.6 Å². The fourth-order valence-electron chi connectivity index (χ4n) is 4.95. The molecule has 0 aromatic heterocycles. The Balaban J connectivity index is 4.48. The molecule has 0 aromatic carbocycles. The van der Waals surface area contributed by atoms with E-state index in [9.17, 15) is 29.3 Å². The van der Waals surface area contributed by atoms with Crippen molar-refractivity contribution >= 4 is 19.8 Å². The highest BCUT2D eigenvalue weighted by atomic mass is 31.2. The van der Waals surface area contributed by atoms with Gasteiger partial charge in [0.15, 0.2) is 6.10 Å². The molecule has 0 aromatic rings. The summed E-state index contributed by atoms with van der Waals surface area (Å²) in [5, 5.41) is 27.9. The second kappa shape index (κ2) is 40.6. The Morgan fingerprint density at radius 1 is 0.552 bits per heavy atom. The van der Waals surface area contributed by atoms with Crippen LogP contribution in [0.15, 0.2) is 97.2 Å². The summed E-state index contributed by atoms with van der Waals surface area (Å²) in [4.78, 5) is 35.0. The van der Waals surface area contributed by atoms with Gasteiger partial charge < -0.3 is 29.7 Å². The van der Waals surface area contributed by atoms with E-state index in [1.54, 1.807) is 0 Å². The molecule has 12 heteroatoms. The van der Waals surface area contributed by atoms with Gasteiger partial charge in [-0.05, 0) is 96.3 Å². The summed E-state index contributed by atoms with van der Waals surface area (Å²) in [6, 6.07) is 0. The molecule has 0 saturated carbocycles. The fraction of sp³-hybridized carbons (Fsp3) is 0.609. The number of carbonyl (C=O) groups excluding carboxylic acids is 2. The monoisotopic (exact) mass is 835 g/mol. The van der Waals surface area contributed by atoms with Gasteiger partial charge in [-0.2, -0.15) is 0 Å². The van der Waals surface area contributed by atoms with Crippen LogP contribution in [0.3, 0.4) is 0 Å². The third kappa shape index (κ3) is 39.7. The van der Waals surface area contributed by atoms with Crippen molar-refractivity contribution in [3.05, 3.63) is 97.2 Å². The van der Waals surface area contributed by atoms with E-state index in [4.69, 9.17) is 19.1 Å². The topological polar surface area (TPSA) is 169 Å². The lowest BCUT2D eigenvalue weighted by Gasteiger charge is -2.20.